The van der Waals surface area contributed by atoms with E-state index < -0.39 is 0 Å². The van der Waals surface area contributed by atoms with Gasteiger partial charge in [-0.1, -0.05) is 24.3 Å². The van der Waals surface area contributed by atoms with Gasteiger partial charge in [0.25, 0.3) is 0 Å². The van der Waals surface area contributed by atoms with E-state index in [0.29, 0.717) is 11.7 Å². The third-order valence-corrected chi connectivity index (χ3v) is 3.39. The second-order valence-electron chi connectivity index (χ2n) is 4.57. The molecule has 0 aromatic heterocycles. The number of carbonyl (C=O) groups is 1. The number of ketones is 1. The Morgan fingerprint density at radius 1 is 1.31 bits per heavy atom. The summed E-state index contributed by atoms with van der Waals surface area (Å²) in [5.41, 5.74) is 8.31. The Morgan fingerprint density at radius 3 is 2.81 bits per heavy atom. The monoisotopic (exact) mass is 217 g/mol. The topological polar surface area (TPSA) is 43.1 Å². The maximum Gasteiger partial charge on any atom is 0.133 e. The van der Waals surface area contributed by atoms with Crippen LogP contribution in [0.2, 0.25) is 0 Å². The summed E-state index contributed by atoms with van der Waals surface area (Å²) in [5, 5.41) is 0. The number of nitrogens with two attached hydrogens (primary N) is 1. The maximum absolute atomic E-state index is 11.3. The van der Waals surface area contributed by atoms with E-state index in [1.807, 2.05) is 0 Å². The van der Waals surface area contributed by atoms with Crippen LogP contribution in [0.4, 0.5) is 0 Å². The van der Waals surface area contributed by atoms with Crippen molar-refractivity contribution in [2.24, 2.45) is 5.73 Å². The molecule has 2 heteroatoms. The molecule has 2 nitrogen and oxygen atoms in total. The first kappa shape index (κ1) is 11.3. The van der Waals surface area contributed by atoms with Crippen molar-refractivity contribution in [2.75, 3.05) is 6.54 Å². The first-order valence-electron chi connectivity index (χ1n) is 6.11. The smallest absolute Gasteiger partial charge is 0.133 e. The van der Waals surface area contributed by atoms with Crippen LogP contribution in [0.5, 0.6) is 0 Å². The highest BCUT2D eigenvalue weighted by Crippen LogP contribution is 2.34. The number of carbonyl (C=O) groups excluding carboxylic acids is 1. The standard InChI is InChI=1S/C14H19NO/c15-9-3-5-11-4-1-2-6-14(11)12-7-8-13(16)10-12/h1-2,4,6,12H,3,5,7-10,15H2. The second-order valence-corrected chi connectivity index (χ2v) is 4.57. The molecule has 1 aromatic carbocycles. The van der Waals surface area contributed by atoms with Crippen LogP contribution in [-0.2, 0) is 11.2 Å². The van der Waals surface area contributed by atoms with Gasteiger partial charge >= 0.3 is 0 Å². The number of Topliss-reactive ketones (excluding diaryl/α,β-unsaturated/α-hetero) is 1. The fraction of sp³-hybridized carbons (Fsp3) is 0.500. The van der Waals surface area contributed by atoms with Gasteiger partial charge < -0.3 is 5.73 Å². The summed E-state index contributed by atoms with van der Waals surface area (Å²) < 4.78 is 0. The highest BCUT2D eigenvalue weighted by atomic mass is 16.1. The van der Waals surface area contributed by atoms with Gasteiger partial charge in [0.2, 0.25) is 0 Å². The van der Waals surface area contributed by atoms with Crippen LogP contribution in [0.25, 0.3) is 0 Å². The van der Waals surface area contributed by atoms with E-state index in [0.717, 1.165) is 38.6 Å². The van der Waals surface area contributed by atoms with Crippen LogP contribution in [0.15, 0.2) is 24.3 Å². The number of rotatable bonds is 4. The molecular formula is C14H19NO. The summed E-state index contributed by atoms with van der Waals surface area (Å²) in [6.45, 7) is 0.734. The van der Waals surface area contributed by atoms with Crippen molar-refractivity contribution in [3.8, 4) is 0 Å². The SMILES string of the molecule is NCCCc1ccccc1C1CCC(=O)C1. The Morgan fingerprint density at radius 2 is 2.12 bits per heavy atom. The molecule has 0 bridgehead atoms. The van der Waals surface area contributed by atoms with Crippen LogP contribution >= 0.6 is 0 Å². The number of hydrogen-bond acceptors (Lipinski definition) is 2. The molecule has 0 spiro atoms. The lowest BCUT2D eigenvalue weighted by Gasteiger charge is -2.14. The predicted molar refractivity (Wildman–Crippen MR) is 65.4 cm³/mol. The zero-order valence-corrected chi connectivity index (χ0v) is 9.61. The minimum Gasteiger partial charge on any atom is -0.330 e. The summed E-state index contributed by atoms with van der Waals surface area (Å²) in [6.07, 6.45) is 4.59. The van der Waals surface area contributed by atoms with Crippen molar-refractivity contribution in [2.45, 2.75) is 38.0 Å². The van der Waals surface area contributed by atoms with Gasteiger partial charge in [0, 0.05) is 12.8 Å². The van der Waals surface area contributed by atoms with Gasteiger partial charge in [0.1, 0.15) is 5.78 Å². The quantitative estimate of drug-likeness (QED) is 0.841. The van der Waals surface area contributed by atoms with E-state index in [9.17, 15) is 4.79 Å². The first-order chi connectivity index (χ1) is 7.81. The van der Waals surface area contributed by atoms with Gasteiger partial charge in [-0.3, -0.25) is 4.79 Å². The third kappa shape index (κ3) is 2.50. The summed E-state index contributed by atoms with van der Waals surface area (Å²) in [4.78, 5) is 11.3. The lowest BCUT2D eigenvalue weighted by molar-refractivity contribution is -0.117. The van der Waals surface area contributed by atoms with Gasteiger partial charge in [-0.15, -0.1) is 0 Å². The molecule has 1 fully saturated rings. The van der Waals surface area contributed by atoms with Gasteiger partial charge in [0.15, 0.2) is 0 Å². The van der Waals surface area contributed by atoms with Crippen molar-refractivity contribution < 1.29 is 4.79 Å². The fourth-order valence-electron chi connectivity index (χ4n) is 2.53. The largest absolute Gasteiger partial charge is 0.330 e. The molecule has 1 aromatic rings. The Hall–Kier alpha value is -1.15. The Bertz CT molecular complexity index is 373. The van der Waals surface area contributed by atoms with E-state index in [1.165, 1.54) is 11.1 Å². The molecule has 1 atom stereocenters. The summed E-state index contributed by atoms with van der Waals surface area (Å²) >= 11 is 0. The van der Waals surface area contributed by atoms with E-state index in [-0.39, 0.29) is 0 Å². The van der Waals surface area contributed by atoms with E-state index in [2.05, 4.69) is 24.3 Å². The lowest BCUT2D eigenvalue weighted by atomic mass is 9.91. The first-order valence-corrected chi connectivity index (χ1v) is 6.11. The van der Waals surface area contributed by atoms with Crippen molar-refractivity contribution in [3.63, 3.8) is 0 Å². The molecule has 2 N–H and O–H groups in total. The lowest BCUT2D eigenvalue weighted by Crippen LogP contribution is -2.04. The molecule has 0 heterocycles. The second kappa shape index (κ2) is 5.26. The number of aryl methyl sites for hydroxylation is 1. The maximum atomic E-state index is 11.3. The molecule has 1 aliphatic carbocycles. The van der Waals surface area contributed by atoms with Gasteiger partial charge in [0.05, 0.1) is 0 Å². The van der Waals surface area contributed by atoms with Crippen LogP contribution in [0.3, 0.4) is 0 Å². The summed E-state index contributed by atoms with van der Waals surface area (Å²) in [7, 11) is 0. The predicted octanol–water partition coefficient (Wildman–Crippen LogP) is 2.41. The molecule has 1 saturated carbocycles. The Labute approximate surface area is 96.8 Å². The summed E-state index contributed by atoms with van der Waals surface area (Å²) in [5.74, 6) is 0.875. The molecule has 86 valence electrons. The molecule has 0 radical (unpaired) electrons. The average molecular weight is 217 g/mol. The fourth-order valence-corrected chi connectivity index (χ4v) is 2.53. The minimum atomic E-state index is 0.415. The van der Waals surface area contributed by atoms with E-state index >= 15 is 0 Å². The Balaban J connectivity index is 2.15. The highest BCUT2D eigenvalue weighted by molar-refractivity contribution is 5.81. The molecule has 0 saturated heterocycles. The van der Waals surface area contributed by atoms with Gasteiger partial charge in [-0.2, -0.15) is 0 Å². The van der Waals surface area contributed by atoms with Crippen LogP contribution in [0, 0.1) is 0 Å². The zero-order chi connectivity index (χ0) is 11.4. The van der Waals surface area contributed by atoms with Crippen LogP contribution in [0.1, 0.15) is 42.7 Å². The highest BCUT2D eigenvalue weighted by Gasteiger charge is 2.24. The third-order valence-electron chi connectivity index (χ3n) is 3.39. The van der Waals surface area contributed by atoms with Crippen molar-refractivity contribution in [1.29, 1.82) is 0 Å². The van der Waals surface area contributed by atoms with Gasteiger partial charge in [-0.25, -0.2) is 0 Å². The number of benzene rings is 1. The van der Waals surface area contributed by atoms with Crippen LogP contribution < -0.4 is 5.73 Å². The molecule has 0 amide bonds. The van der Waals surface area contributed by atoms with Crippen molar-refractivity contribution >= 4 is 5.78 Å². The minimum absolute atomic E-state index is 0.415. The van der Waals surface area contributed by atoms with Crippen molar-refractivity contribution in [1.82, 2.24) is 0 Å². The normalized spacial score (nSPS) is 20.3. The molecular weight excluding hydrogens is 198 g/mol. The molecule has 0 aliphatic heterocycles. The molecule has 16 heavy (non-hydrogen) atoms. The van der Waals surface area contributed by atoms with E-state index in [4.69, 9.17) is 5.73 Å². The van der Waals surface area contributed by atoms with E-state index in [1.54, 1.807) is 0 Å². The average Bonchev–Trinajstić information content (AvgIpc) is 2.73. The summed E-state index contributed by atoms with van der Waals surface area (Å²) in [6, 6.07) is 8.50. The van der Waals surface area contributed by atoms with Gasteiger partial charge in [-0.05, 0) is 42.9 Å². The van der Waals surface area contributed by atoms with Crippen LogP contribution in [-0.4, -0.2) is 12.3 Å². The zero-order valence-electron chi connectivity index (χ0n) is 9.61. The molecule has 1 aliphatic rings. The molecule has 1 unspecified atom stereocenters. The number of hydrogen-bond donors (Lipinski definition) is 1. The van der Waals surface area contributed by atoms with Crippen molar-refractivity contribution in [3.05, 3.63) is 35.4 Å². The molecule has 2 rings (SSSR count). The Kier molecular flexibility index (Phi) is 3.73.